The van der Waals surface area contributed by atoms with Crippen LogP contribution in [0.1, 0.15) is 38.8 Å². The fourth-order valence-corrected chi connectivity index (χ4v) is 4.14. The molecule has 0 atom stereocenters. The molecule has 46 heavy (non-hydrogen) atoms. The van der Waals surface area contributed by atoms with Crippen LogP contribution in [0.5, 0.6) is 0 Å². The summed E-state index contributed by atoms with van der Waals surface area (Å²) in [6.07, 6.45) is -4.21. The summed E-state index contributed by atoms with van der Waals surface area (Å²) in [5.74, 6) is -4.90. The lowest BCUT2D eigenvalue weighted by molar-refractivity contribution is -0.192. The fraction of sp³-hybridized carbons (Fsp3) is 0.258. The second kappa shape index (κ2) is 17.2. The van der Waals surface area contributed by atoms with Gasteiger partial charge in [0.2, 0.25) is 5.91 Å². The molecule has 4 rings (SSSR count). The van der Waals surface area contributed by atoms with Crippen molar-refractivity contribution in [1.82, 2.24) is 0 Å². The molecule has 0 spiro atoms. The van der Waals surface area contributed by atoms with E-state index in [0.29, 0.717) is 30.0 Å². The van der Waals surface area contributed by atoms with Crippen molar-refractivity contribution < 1.29 is 52.1 Å². The molecule has 1 heterocycles. The van der Waals surface area contributed by atoms with Gasteiger partial charge in [0.1, 0.15) is 13.1 Å². The van der Waals surface area contributed by atoms with E-state index in [9.17, 15) is 32.3 Å². The number of aliphatic carboxylic acids is 2. The molecule has 0 saturated heterocycles. The Morgan fingerprint density at radius 2 is 1.59 bits per heavy atom. The monoisotopic (exact) mass is 646 g/mol. The Morgan fingerprint density at radius 3 is 2.13 bits per heavy atom. The first-order chi connectivity index (χ1) is 21.7. The molecule has 3 aromatic carbocycles. The van der Waals surface area contributed by atoms with Crippen LogP contribution in [-0.2, 0) is 32.1 Å². The molecule has 15 heteroatoms. The first kappa shape index (κ1) is 36.8. The number of carboxylic acid groups (broad SMARTS) is 2. The number of ether oxygens (including phenoxy) is 1. The Hall–Kier alpha value is -5.44. The highest BCUT2D eigenvalue weighted by Crippen LogP contribution is 2.28. The highest BCUT2D eigenvalue weighted by atomic mass is 19.4. The Kier molecular flexibility index (Phi) is 13.7. The van der Waals surface area contributed by atoms with E-state index in [1.54, 1.807) is 61.5 Å². The number of nitrogens with zero attached hydrogens (tertiary/aromatic N) is 2. The van der Waals surface area contributed by atoms with E-state index in [1.807, 2.05) is 23.1 Å². The van der Waals surface area contributed by atoms with Gasteiger partial charge in [0.05, 0.1) is 6.61 Å². The summed E-state index contributed by atoms with van der Waals surface area (Å²) in [6, 6.07) is 21.0. The molecule has 0 fully saturated rings. The first-order valence-electron chi connectivity index (χ1n) is 13.7. The number of halogens is 3. The molecule has 12 nitrogen and oxygen atoms in total. The Labute approximate surface area is 262 Å². The lowest BCUT2D eigenvalue weighted by atomic mass is 10.1. The number of fused-ring (bicyclic) bond motifs is 1. The van der Waals surface area contributed by atoms with E-state index in [1.165, 1.54) is 4.90 Å². The second-order valence-corrected chi connectivity index (χ2v) is 9.51. The van der Waals surface area contributed by atoms with Crippen LogP contribution in [0, 0.1) is 0 Å². The predicted molar refractivity (Wildman–Crippen MR) is 161 cm³/mol. The minimum absolute atomic E-state index is 0.211. The minimum Gasteiger partial charge on any atom is -0.480 e. The third-order valence-corrected chi connectivity index (χ3v) is 6.25. The number of esters is 1. The lowest BCUT2D eigenvalue weighted by Crippen LogP contribution is -2.35. The molecule has 0 saturated carbocycles. The number of alkyl halides is 3. The molecule has 0 aromatic heterocycles. The topological polar surface area (TPSA) is 194 Å². The number of rotatable bonds is 9. The summed E-state index contributed by atoms with van der Waals surface area (Å²) in [5.41, 5.74) is 15.1. The average Bonchev–Trinajstić information content (AvgIpc) is 3.41. The van der Waals surface area contributed by atoms with Crippen LogP contribution in [0.2, 0.25) is 0 Å². The van der Waals surface area contributed by atoms with Crippen LogP contribution in [0.25, 0.3) is 0 Å². The van der Waals surface area contributed by atoms with Crippen molar-refractivity contribution >= 4 is 41.1 Å². The number of benzene rings is 3. The molecule has 1 aliphatic heterocycles. The van der Waals surface area contributed by atoms with Crippen LogP contribution in [0.15, 0.2) is 72.8 Å². The highest BCUT2D eigenvalue weighted by Gasteiger charge is 2.38. The van der Waals surface area contributed by atoms with Gasteiger partial charge in [-0.3, -0.25) is 24.1 Å². The van der Waals surface area contributed by atoms with Gasteiger partial charge in [-0.1, -0.05) is 36.4 Å². The van der Waals surface area contributed by atoms with Gasteiger partial charge in [0, 0.05) is 35.6 Å². The van der Waals surface area contributed by atoms with Gasteiger partial charge < -0.3 is 31.3 Å². The highest BCUT2D eigenvalue weighted by molar-refractivity contribution is 6.08. The zero-order chi connectivity index (χ0) is 34.4. The zero-order valence-electron chi connectivity index (χ0n) is 24.7. The first-order valence-corrected chi connectivity index (χ1v) is 13.7. The van der Waals surface area contributed by atoms with Gasteiger partial charge in [-0.15, -0.1) is 0 Å². The summed E-state index contributed by atoms with van der Waals surface area (Å²) >= 11 is 0. The number of primary amides is 1. The van der Waals surface area contributed by atoms with Crippen molar-refractivity contribution in [1.29, 1.82) is 0 Å². The standard InChI is InChI=1S/C16H16N2O3.C13H16N2O3.C2HF3O2/c17-10-12-5-4-6-13(9-12)16(21)18(11-15(19)20)14-7-2-1-3-8-14;1-2-18-12(16)8-15-6-5-9-3-4-10(13(14)17)7-11(9)15;3-2(4,5)1(6)7/h1-9H,10-11,17H2,(H,19,20);3-4,7H,2,5-6,8H2,1H3,(H2,14,17);(H,6,7). The van der Waals surface area contributed by atoms with Crippen molar-refractivity contribution in [3.8, 4) is 0 Å². The van der Waals surface area contributed by atoms with Crippen molar-refractivity contribution in [2.75, 3.05) is 36.0 Å². The summed E-state index contributed by atoms with van der Waals surface area (Å²) < 4.78 is 36.7. The van der Waals surface area contributed by atoms with Crippen LogP contribution in [-0.4, -0.2) is 72.4 Å². The Bertz CT molecular complexity index is 1530. The van der Waals surface area contributed by atoms with Crippen LogP contribution < -0.4 is 21.3 Å². The molecular formula is C31H33F3N4O8. The number of carboxylic acids is 2. The normalized spacial score (nSPS) is 11.5. The summed E-state index contributed by atoms with van der Waals surface area (Å²) in [5, 5.41) is 16.2. The van der Waals surface area contributed by atoms with Gasteiger partial charge in [-0.05, 0) is 60.9 Å². The molecule has 0 radical (unpaired) electrons. The van der Waals surface area contributed by atoms with Crippen molar-refractivity contribution in [2.24, 2.45) is 11.5 Å². The smallest absolute Gasteiger partial charge is 0.480 e. The summed E-state index contributed by atoms with van der Waals surface area (Å²) in [6.45, 7) is 3.06. The molecule has 6 N–H and O–H groups in total. The number of nitrogens with two attached hydrogens (primary N) is 2. The average molecular weight is 647 g/mol. The number of amides is 2. The van der Waals surface area contributed by atoms with E-state index in [-0.39, 0.29) is 18.4 Å². The Morgan fingerprint density at radius 1 is 0.935 bits per heavy atom. The van der Waals surface area contributed by atoms with E-state index in [2.05, 4.69) is 0 Å². The third kappa shape index (κ3) is 11.2. The molecule has 2 amide bonds. The molecule has 0 aliphatic carbocycles. The van der Waals surface area contributed by atoms with E-state index in [4.69, 9.17) is 31.2 Å². The maximum Gasteiger partial charge on any atom is 0.490 e. The fourth-order valence-electron chi connectivity index (χ4n) is 4.14. The third-order valence-electron chi connectivity index (χ3n) is 6.25. The SMILES string of the molecule is CCOC(=O)CN1CCc2ccc(C(N)=O)cc21.NCc1cccc(C(=O)N(CC(=O)O)c2ccccc2)c1.O=C(O)C(F)(F)F. The Balaban J connectivity index is 0.000000268. The van der Waals surface area contributed by atoms with E-state index in [0.717, 1.165) is 29.8 Å². The van der Waals surface area contributed by atoms with E-state index >= 15 is 0 Å². The molecule has 246 valence electrons. The number of carbonyl (C=O) groups excluding carboxylic acids is 3. The molecular weight excluding hydrogens is 613 g/mol. The molecule has 0 bridgehead atoms. The van der Waals surface area contributed by atoms with Gasteiger partial charge >= 0.3 is 24.1 Å². The number of hydrogen-bond acceptors (Lipinski definition) is 8. The maximum absolute atomic E-state index is 12.6. The number of anilines is 2. The zero-order valence-corrected chi connectivity index (χ0v) is 24.7. The number of hydrogen-bond donors (Lipinski definition) is 4. The maximum atomic E-state index is 12.6. The number of para-hydroxylation sites is 1. The van der Waals surface area contributed by atoms with Gasteiger partial charge in [0.25, 0.3) is 5.91 Å². The number of carbonyl (C=O) groups is 5. The van der Waals surface area contributed by atoms with Gasteiger partial charge in [-0.2, -0.15) is 13.2 Å². The lowest BCUT2D eigenvalue weighted by Gasteiger charge is -2.21. The summed E-state index contributed by atoms with van der Waals surface area (Å²) in [4.78, 5) is 58.3. The largest absolute Gasteiger partial charge is 0.490 e. The second-order valence-electron chi connectivity index (χ2n) is 9.51. The molecule has 1 aliphatic rings. The quantitative estimate of drug-likeness (QED) is 0.251. The minimum atomic E-state index is -5.08. The van der Waals surface area contributed by atoms with Crippen molar-refractivity contribution in [3.63, 3.8) is 0 Å². The van der Waals surface area contributed by atoms with Crippen LogP contribution in [0.4, 0.5) is 24.5 Å². The van der Waals surface area contributed by atoms with Crippen LogP contribution >= 0.6 is 0 Å². The van der Waals surface area contributed by atoms with Crippen molar-refractivity contribution in [3.05, 3.63) is 95.1 Å². The van der Waals surface area contributed by atoms with Gasteiger partial charge in [0.15, 0.2) is 0 Å². The van der Waals surface area contributed by atoms with Crippen LogP contribution in [0.3, 0.4) is 0 Å². The van der Waals surface area contributed by atoms with E-state index < -0.39 is 30.6 Å². The molecule has 3 aromatic rings. The predicted octanol–water partition coefficient (Wildman–Crippen LogP) is 3.22. The summed E-state index contributed by atoms with van der Waals surface area (Å²) in [7, 11) is 0. The van der Waals surface area contributed by atoms with Gasteiger partial charge in [-0.25, -0.2) is 4.79 Å². The molecule has 0 unspecified atom stereocenters. The van der Waals surface area contributed by atoms with Crippen molar-refractivity contribution in [2.45, 2.75) is 26.1 Å².